The van der Waals surface area contributed by atoms with Crippen LogP contribution in [0.15, 0.2) is 24.3 Å². The number of aliphatic hydroxyl groups excluding tert-OH is 1. The van der Waals surface area contributed by atoms with Gasteiger partial charge in [0.2, 0.25) is 0 Å². The summed E-state index contributed by atoms with van der Waals surface area (Å²) < 4.78 is 43.6. The lowest BCUT2D eigenvalue weighted by molar-refractivity contribution is -0.137. The second-order valence-corrected chi connectivity index (χ2v) is 5.80. The van der Waals surface area contributed by atoms with Gasteiger partial charge in [0.25, 0.3) is 0 Å². The van der Waals surface area contributed by atoms with E-state index in [0.29, 0.717) is 12.1 Å². The Labute approximate surface area is 128 Å². The molecule has 3 nitrogen and oxygen atoms in total. The molecule has 0 heterocycles. The van der Waals surface area contributed by atoms with Crippen molar-refractivity contribution in [3.05, 3.63) is 35.4 Å². The van der Waals surface area contributed by atoms with Gasteiger partial charge < -0.3 is 15.2 Å². The summed E-state index contributed by atoms with van der Waals surface area (Å²) in [6.45, 7) is 0.857. The van der Waals surface area contributed by atoms with Crippen molar-refractivity contribution in [1.82, 2.24) is 5.32 Å². The molecule has 2 rings (SSSR count). The number of hydrogen-bond donors (Lipinski definition) is 2. The van der Waals surface area contributed by atoms with Crippen LogP contribution in [0, 0.1) is 5.92 Å². The fourth-order valence-corrected chi connectivity index (χ4v) is 2.92. The highest BCUT2D eigenvalue weighted by Gasteiger charge is 2.31. The molecular weight excluding hydrogens is 295 g/mol. The number of hydrogen-bond acceptors (Lipinski definition) is 3. The molecule has 6 heteroatoms. The molecule has 22 heavy (non-hydrogen) atoms. The maximum absolute atomic E-state index is 12.8. The fourth-order valence-electron chi connectivity index (χ4n) is 2.92. The van der Waals surface area contributed by atoms with Crippen LogP contribution >= 0.6 is 0 Å². The summed E-state index contributed by atoms with van der Waals surface area (Å²) in [6.07, 6.45) is -1.94. The summed E-state index contributed by atoms with van der Waals surface area (Å²) in [5, 5.41) is 13.1. The van der Waals surface area contributed by atoms with E-state index in [0.717, 1.165) is 31.4 Å². The molecule has 3 unspecified atom stereocenters. The highest BCUT2D eigenvalue weighted by Crippen LogP contribution is 2.31. The normalized spacial score (nSPS) is 23.7. The second kappa shape index (κ2) is 7.44. The molecule has 1 aliphatic carbocycles. The van der Waals surface area contributed by atoms with Gasteiger partial charge in [-0.3, -0.25) is 0 Å². The van der Waals surface area contributed by atoms with Gasteiger partial charge in [-0.05, 0) is 36.5 Å². The maximum atomic E-state index is 12.8. The van der Waals surface area contributed by atoms with E-state index in [2.05, 4.69) is 5.32 Å². The number of aliphatic hydroxyl groups is 1. The Morgan fingerprint density at radius 1 is 1.36 bits per heavy atom. The summed E-state index contributed by atoms with van der Waals surface area (Å²) in [7, 11) is 1.52. The lowest BCUT2D eigenvalue weighted by Gasteiger charge is -2.23. The number of nitrogens with one attached hydrogen (secondary N) is 1. The van der Waals surface area contributed by atoms with E-state index in [1.54, 1.807) is 6.07 Å². The van der Waals surface area contributed by atoms with E-state index in [9.17, 15) is 18.3 Å². The van der Waals surface area contributed by atoms with Crippen molar-refractivity contribution >= 4 is 0 Å². The van der Waals surface area contributed by atoms with Crippen LogP contribution in [0.5, 0.6) is 0 Å². The zero-order chi connectivity index (χ0) is 16.2. The SMILES string of the molecule is COCC(NCC1CCCC1O)c1cccc(C(F)(F)F)c1. The van der Waals surface area contributed by atoms with Gasteiger partial charge >= 0.3 is 6.18 Å². The topological polar surface area (TPSA) is 41.5 Å². The average molecular weight is 317 g/mol. The summed E-state index contributed by atoms with van der Waals surface area (Å²) in [5.74, 6) is 0.158. The summed E-state index contributed by atoms with van der Waals surface area (Å²) >= 11 is 0. The summed E-state index contributed by atoms with van der Waals surface area (Å²) in [5.41, 5.74) is -0.113. The zero-order valence-electron chi connectivity index (χ0n) is 12.6. The highest BCUT2D eigenvalue weighted by molar-refractivity contribution is 5.28. The first-order valence-electron chi connectivity index (χ1n) is 7.49. The third-order valence-corrected chi connectivity index (χ3v) is 4.20. The minimum absolute atomic E-state index is 0.158. The van der Waals surface area contributed by atoms with E-state index < -0.39 is 11.7 Å². The standard InChI is InChI=1S/C16H22F3NO2/c1-22-10-14(20-9-12-5-3-7-15(12)21)11-4-2-6-13(8-11)16(17,18)19/h2,4,6,8,12,14-15,20-21H,3,5,7,9-10H2,1H3. The monoisotopic (exact) mass is 317 g/mol. The number of methoxy groups -OCH3 is 1. The van der Waals surface area contributed by atoms with E-state index in [4.69, 9.17) is 4.74 Å². The van der Waals surface area contributed by atoms with Crippen molar-refractivity contribution in [3.8, 4) is 0 Å². The van der Waals surface area contributed by atoms with Gasteiger partial charge in [-0.25, -0.2) is 0 Å². The fraction of sp³-hybridized carbons (Fsp3) is 0.625. The maximum Gasteiger partial charge on any atom is 0.416 e. The van der Waals surface area contributed by atoms with Crippen molar-refractivity contribution in [3.63, 3.8) is 0 Å². The van der Waals surface area contributed by atoms with Crippen LogP contribution in [0.1, 0.15) is 36.4 Å². The summed E-state index contributed by atoms with van der Waals surface area (Å²) in [4.78, 5) is 0. The van der Waals surface area contributed by atoms with Crippen LogP contribution < -0.4 is 5.32 Å². The first-order chi connectivity index (χ1) is 10.4. The average Bonchev–Trinajstić information content (AvgIpc) is 2.88. The Balaban J connectivity index is 2.07. The number of halogens is 3. The highest BCUT2D eigenvalue weighted by atomic mass is 19.4. The molecule has 0 spiro atoms. The Bertz CT molecular complexity index is 479. The van der Waals surface area contributed by atoms with E-state index in [1.807, 2.05) is 0 Å². The van der Waals surface area contributed by atoms with Gasteiger partial charge in [0.05, 0.1) is 24.3 Å². The quantitative estimate of drug-likeness (QED) is 0.847. The van der Waals surface area contributed by atoms with E-state index in [1.165, 1.54) is 13.2 Å². The lowest BCUT2D eigenvalue weighted by Crippen LogP contribution is -2.33. The number of benzene rings is 1. The molecule has 0 radical (unpaired) electrons. The first-order valence-corrected chi connectivity index (χ1v) is 7.49. The largest absolute Gasteiger partial charge is 0.416 e. The van der Waals surface area contributed by atoms with Gasteiger partial charge in [-0.15, -0.1) is 0 Å². The molecule has 1 saturated carbocycles. The van der Waals surface area contributed by atoms with Crippen LogP contribution in [0.25, 0.3) is 0 Å². The Morgan fingerprint density at radius 3 is 2.73 bits per heavy atom. The predicted octanol–water partition coefficient (Wildman–Crippen LogP) is 3.14. The molecule has 1 fully saturated rings. The Kier molecular flexibility index (Phi) is 5.83. The van der Waals surface area contributed by atoms with Gasteiger partial charge in [-0.1, -0.05) is 18.6 Å². The van der Waals surface area contributed by atoms with E-state index in [-0.39, 0.29) is 24.7 Å². The minimum atomic E-state index is -4.35. The molecule has 1 aromatic rings. The van der Waals surface area contributed by atoms with Gasteiger partial charge in [0, 0.05) is 13.7 Å². The second-order valence-electron chi connectivity index (χ2n) is 5.80. The molecule has 124 valence electrons. The lowest BCUT2D eigenvalue weighted by atomic mass is 10.0. The molecule has 1 aromatic carbocycles. The van der Waals surface area contributed by atoms with Crippen molar-refractivity contribution < 1.29 is 23.0 Å². The molecule has 0 saturated heterocycles. The molecule has 0 bridgehead atoms. The third-order valence-electron chi connectivity index (χ3n) is 4.20. The van der Waals surface area contributed by atoms with E-state index >= 15 is 0 Å². The van der Waals surface area contributed by atoms with Crippen LogP contribution in [0.3, 0.4) is 0 Å². The van der Waals surface area contributed by atoms with Gasteiger partial charge in [0.15, 0.2) is 0 Å². The smallest absolute Gasteiger partial charge is 0.393 e. The Morgan fingerprint density at radius 2 is 2.14 bits per heavy atom. The summed E-state index contributed by atoms with van der Waals surface area (Å²) in [6, 6.07) is 4.97. The van der Waals surface area contributed by atoms with Gasteiger partial charge in [0.1, 0.15) is 0 Å². The van der Waals surface area contributed by atoms with Crippen LogP contribution in [0.2, 0.25) is 0 Å². The first kappa shape index (κ1) is 17.2. The molecule has 2 N–H and O–H groups in total. The molecular formula is C16H22F3NO2. The van der Waals surface area contributed by atoms with Crippen molar-refractivity contribution in [2.24, 2.45) is 5.92 Å². The molecule has 0 aliphatic heterocycles. The number of ether oxygens (including phenoxy) is 1. The van der Waals surface area contributed by atoms with Crippen LogP contribution in [0.4, 0.5) is 13.2 Å². The third kappa shape index (κ3) is 4.44. The minimum Gasteiger partial charge on any atom is -0.393 e. The number of alkyl halides is 3. The van der Waals surface area contributed by atoms with Crippen LogP contribution in [-0.2, 0) is 10.9 Å². The molecule has 0 aromatic heterocycles. The van der Waals surface area contributed by atoms with Crippen molar-refractivity contribution in [1.29, 1.82) is 0 Å². The van der Waals surface area contributed by atoms with Crippen molar-refractivity contribution in [2.75, 3.05) is 20.3 Å². The molecule has 1 aliphatic rings. The van der Waals surface area contributed by atoms with Crippen LogP contribution in [-0.4, -0.2) is 31.5 Å². The van der Waals surface area contributed by atoms with Crippen molar-refractivity contribution in [2.45, 2.75) is 37.6 Å². The number of rotatable bonds is 6. The molecule has 0 amide bonds. The predicted molar refractivity (Wildman–Crippen MR) is 77.4 cm³/mol. The molecule has 3 atom stereocenters. The van der Waals surface area contributed by atoms with Gasteiger partial charge in [-0.2, -0.15) is 13.2 Å². The zero-order valence-corrected chi connectivity index (χ0v) is 12.6. The Hall–Kier alpha value is -1.11.